The quantitative estimate of drug-likeness (QED) is 0.678. The molecule has 0 saturated carbocycles. The average molecular weight is 470 g/mol. The number of allylic oxidation sites excluding steroid dienone is 1. The van der Waals surface area contributed by atoms with E-state index in [2.05, 4.69) is 75.3 Å². The fourth-order valence-electron chi connectivity index (χ4n) is 2.40. The number of piperazine rings is 1. The summed E-state index contributed by atoms with van der Waals surface area (Å²) in [4.78, 5) is 0. The van der Waals surface area contributed by atoms with E-state index in [1.54, 1.807) is 0 Å². The minimum absolute atomic E-state index is 0. The number of benzene rings is 1. The SMILES string of the molecule is Brc1ccccc1C1CNCCN1.C[N-]C/C=C(\[N-]C)C(C)C.[Y]. The Balaban J connectivity index is 0.000000441. The zero-order valence-electron chi connectivity index (χ0n) is 15.2. The van der Waals surface area contributed by atoms with E-state index in [1.807, 2.05) is 20.2 Å². The van der Waals surface area contributed by atoms with Gasteiger partial charge in [-0.05, 0) is 17.5 Å². The second kappa shape index (κ2) is 14.4. The van der Waals surface area contributed by atoms with Crippen molar-refractivity contribution in [3.63, 3.8) is 0 Å². The third-order valence-corrected chi connectivity index (χ3v) is 4.38. The first kappa shape index (κ1) is 24.2. The zero-order valence-corrected chi connectivity index (χ0v) is 19.6. The Hall–Kier alpha value is 0.224. The van der Waals surface area contributed by atoms with Crippen molar-refractivity contribution in [2.75, 3.05) is 40.3 Å². The second-order valence-electron chi connectivity index (χ2n) is 5.74. The van der Waals surface area contributed by atoms with Gasteiger partial charge in [0.15, 0.2) is 0 Å². The summed E-state index contributed by atoms with van der Waals surface area (Å²) in [5.41, 5.74) is 2.49. The van der Waals surface area contributed by atoms with E-state index in [1.165, 1.54) is 10.0 Å². The molecular weight excluding hydrogens is 441 g/mol. The van der Waals surface area contributed by atoms with Gasteiger partial charge in [-0.25, -0.2) is 0 Å². The van der Waals surface area contributed by atoms with Gasteiger partial charge >= 0.3 is 0 Å². The molecule has 1 saturated heterocycles. The molecule has 1 radical (unpaired) electrons. The summed E-state index contributed by atoms with van der Waals surface area (Å²) in [7, 11) is 3.63. The largest absolute Gasteiger partial charge is 0.690 e. The predicted octanol–water partition coefficient (Wildman–Crippen LogP) is 4.21. The van der Waals surface area contributed by atoms with E-state index in [4.69, 9.17) is 0 Å². The maximum atomic E-state index is 4.13. The van der Waals surface area contributed by atoms with E-state index in [9.17, 15) is 0 Å². The Kier molecular flexibility index (Phi) is 14.5. The molecule has 0 aromatic heterocycles. The van der Waals surface area contributed by atoms with Crippen LogP contribution in [-0.4, -0.2) is 40.3 Å². The number of rotatable bonds is 5. The van der Waals surface area contributed by atoms with Crippen LogP contribution in [0.3, 0.4) is 0 Å². The number of hydrogen-bond acceptors (Lipinski definition) is 2. The van der Waals surface area contributed by atoms with Crippen molar-refractivity contribution in [3.05, 3.63) is 56.7 Å². The van der Waals surface area contributed by atoms with Gasteiger partial charge in [-0.3, -0.25) is 0 Å². The number of nitrogens with one attached hydrogen (secondary N) is 2. The van der Waals surface area contributed by atoms with Crippen LogP contribution in [0.1, 0.15) is 25.5 Å². The van der Waals surface area contributed by atoms with Gasteiger partial charge in [0, 0.05) is 62.9 Å². The van der Waals surface area contributed by atoms with E-state index in [-0.39, 0.29) is 32.7 Å². The van der Waals surface area contributed by atoms with Crippen LogP contribution in [0.25, 0.3) is 10.6 Å². The molecule has 1 fully saturated rings. The summed E-state index contributed by atoms with van der Waals surface area (Å²) in [5, 5.41) is 15.0. The van der Waals surface area contributed by atoms with Gasteiger partial charge in [0.1, 0.15) is 0 Å². The molecule has 2 N–H and O–H groups in total. The molecule has 1 aliphatic rings. The zero-order chi connectivity index (χ0) is 17.1. The Morgan fingerprint density at radius 2 is 2.00 bits per heavy atom. The molecule has 1 aromatic rings. The maximum absolute atomic E-state index is 4.13. The van der Waals surface area contributed by atoms with Gasteiger partial charge in [-0.15, -0.1) is 19.7 Å². The minimum Gasteiger partial charge on any atom is -0.690 e. The van der Waals surface area contributed by atoms with Crippen LogP contribution in [0, 0.1) is 5.92 Å². The van der Waals surface area contributed by atoms with E-state index < -0.39 is 0 Å². The van der Waals surface area contributed by atoms with Crippen LogP contribution in [0.5, 0.6) is 0 Å². The average Bonchev–Trinajstić information content (AvgIpc) is 2.57. The van der Waals surface area contributed by atoms with Gasteiger partial charge in [0.25, 0.3) is 0 Å². The fourth-order valence-corrected chi connectivity index (χ4v) is 2.96. The molecule has 6 heteroatoms. The van der Waals surface area contributed by atoms with Crippen molar-refractivity contribution >= 4 is 15.9 Å². The number of hydrogen-bond donors (Lipinski definition) is 2. The van der Waals surface area contributed by atoms with Gasteiger partial charge in [-0.1, -0.05) is 48.0 Å². The molecule has 1 atom stereocenters. The molecule has 4 nitrogen and oxygen atoms in total. The van der Waals surface area contributed by atoms with Crippen LogP contribution >= 0.6 is 15.9 Å². The summed E-state index contributed by atoms with van der Waals surface area (Å²) in [6, 6.07) is 8.82. The molecule has 24 heavy (non-hydrogen) atoms. The molecule has 133 valence electrons. The summed E-state index contributed by atoms with van der Waals surface area (Å²) in [6.07, 6.45) is 2.06. The van der Waals surface area contributed by atoms with Gasteiger partial charge < -0.3 is 21.3 Å². The van der Waals surface area contributed by atoms with Crippen LogP contribution in [-0.2, 0) is 32.7 Å². The first-order valence-corrected chi connectivity index (χ1v) is 8.93. The Labute approximate surface area is 181 Å². The van der Waals surface area contributed by atoms with E-state index in [0.29, 0.717) is 12.0 Å². The smallest absolute Gasteiger partial charge is 0.0458 e. The van der Waals surface area contributed by atoms with Crippen molar-refractivity contribution < 1.29 is 32.7 Å². The van der Waals surface area contributed by atoms with Gasteiger partial charge in [0.05, 0.1) is 0 Å². The molecule has 1 heterocycles. The fraction of sp³-hybridized carbons (Fsp3) is 0.556. The van der Waals surface area contributed by atoms with Crippen molar-refractivity contribution in [1.29, 1.82) is 0 Å². The van der Waals surface area contributed by atoms with E-state index >= 15 is 0 Å². The molecule has 1 unspecified atom stereocenters. The molecule has 0 aliphatic carbocycles. The Morgan fingerprint density at radius 1 is 1.29 bits per heavy atom. The summed E-state index contributed by atoms with van der Waals surface area (Å²) in [5.74, 6) is 0.520. The summed E-state index contributed by atoms with van der Waals surface area (Å²) < 4.78 is 1.19. The van der Waals surface area contributed by atoms with Crippen LogP contribution < -0.4 is 10.6 Å². The summed E-state index contributed by atoms with van der Waals surface area (Å²) in [6.45, 7) is 8.18. The van der Waals surface area contributed by atoms with Crippen LogP contribution in [0.15, 0.2) is 40.5 Å². The molecular formula is C18H29BrN4Y-2. The van der Waals surface area contributed by atoms with Crippen molar-refractivity contribution in [2.45, 2.75) is 19.9 Å². The van der Waals surface area contributed by atoms with Crippen LogP contribution in [0.2, 0.25) is 0 Å². The number of halogens is 1. The molecule has 2 rings (SSSR count). The monoisotopic (exact) mass is 469 g/mol. The van der Waals surface area contributed by atoms with Crippen molar-refractivity contribution in [1.82, 2.24) is 10.6 Å². The molecule has 1 aromatic carbocycles. The van der Waals surface area contributed by atoms with E-state index in [0.717, 1.165) is 31.9 Å². The van der Waals surface area contributed by atoms with Gasteiger partial charge in [0.2, 0.25) is 0 Å². The maximum Gasteiger partial charge on any atom is 0.0458 e. The molecule has 1 aliphatic heterocycles. The first-order chi connectivity index (χ1) is 11.1. The standard InChI is InChI=1S/C10H13BrN2.C8H16N2.Y/c11-9-4-2-1-3-8(9)10-7-12-5-6-13-10;1-7(2)8(10-4)5-6-9-3;/h1-4,10,12-13H,5-7H2;5,7H,6H2,1-4H3;/q;-2;/b;8-5-;. The normalized spacial score (nSPS) is 17.6. The number of likely N-dealkylation sites (N-methyl/N-ethyl adjacent to an activating group) is 1. The third kappa shape index (κ3) is 9.07. The predicted molar refractivity (Wildman–Crippen MR) is 104 cm³/mol. The molecule has 0 amide bonds. The Morgan fingerprint density at radius 3 is 2.50 bits per heavy atom. The first-order valence-electron chi connectivity index (χ1n) is 8.14. The third-order valence-electron chi connectivity index (χ3n) is 3.65. The van der Waals surface area contributed by atoms with Crippen molar-refractivity contribution in [3.8, 4) is 0 Å². The van der Waals surface area contributed by atoms with Crippen LogP contribution in [0.4, 0.5) is 0 Å². The molecule has 0 spiro atoms. The Bertz CT molecular complexity index is 474. The summed E-state index contributed by atoms with van der Waals surface area (Å²) >= 11 is 3.56. The molecule has 0 bridgehead atoms. The number of nitrogens with zero attached hydrogens (tertiary/aromatic N) is 2. The van der Waals surface area contributed by atoms with Gasteiger partial charge in [-0.2, -0.15) is 12.7 Å². The minimum atomic E-state index is 0. The second-order valence-corrected chi connectivity index (χ2v) is 6.59. The van der Waals surface area contributed by atoms with Crippen molar-refractivity contribution in [2.24, 2.45) is 5.92 Å². The topological polar surface area (TPSA) is 52.3 Å².